The number of rotatable bonds is 0. The second kappa shape index (κ2) is 5.47. The smallest absolute Gasteiger partial charge is 0.223 e. The number of hydrogen-bond acceptors (Lipinski definition) is 1. The van der Waals surface area contributed by atoms with Gasteiger partial charge in [0.15, 0.2) is 0 Å². The molecule has 0 saturated heterocycles. The first-order valence-electron chi connectivity index (χ1n) is 4.47. The number of nitrogens with zero attached hydrogens (tertiary/aromatic N) is 5. The van der Waals surface area contributed by atoms with E-state index in [0.717, 1.165) is 5.96 Å². The molecule has 0 aliphatic heterocycles. The molecule has 0 aromatic carbocycles. The molecular weight excluding hydrogens is 178 g/mol. The second-order valence-corrected chi connectivity index (χ2v) is 3.62. The van der Waals surface area contributed by atoms with Crippen molar-refractivity contribution < 1.29 is 0 Å². The number of guanidine groups is 2. The first kappa shape index (κ1) is 12.7. The highest BCUT2D eigenvalue weighted by Crippen LogP contribution is 1.93. The Kier molecular flexibility index (Phi) is 4.97. The van der Waals surface area contributed by atoms with Gasteiger partial charge in [0.25, 0.3) is 0 Å². The Labute approximate surface area is 86.7 Å². The monoisotopic (exact) mass is 199 g/mol. The molecule has 0 bridgehead atoms. The maximum Gasteiger partial charge on any atom is 0.223 e. The standard InChI is InChI=1S/C9H21N5/c1-10-8(12(2)3)11-9(13(4)5)14(6)7/h1-7H3. The highest BCUT2D eigenvalue weighted by Gasteiger charge is 2.07. The van der Waals surface area contributed by atoms with Crippen LogP contribution in [0, 0.1) is 0 Å². The minimum atomic E-state index is 0.711. The molecule has 0 unspecified atom stereocenters. The van der Waals surface area contributed by atoms with E-state index in [0.29, 0.717) is 5.96 Å². The molecule has 5 nitrogen and oxygen atoms in total. The molecule has 0 saturated carbocycles. The first-order chi connectivity index (χ1) is 6.40. The lowest BCUT2D eigenvalue weighted by molar-refractivity contribution is 0.482. The van der Waals surface area contributed by atoms with Gasteiger partial charge in [-0.2, -0.15) is 4.99 Å². The average molecular weight is 199 g/mol. The van der Waals surface area contributed by atoms with E-state index in [-0.39, 0.29) is 0 Å². The molecule has 0 aromatic heterocycles. The lowest BCUT2D eigenvalue weighted by Crippen LogP contribution is -2.37. The molecule has 0 aliphatic carbocycles. The summed E-state index contributed by atoms with van der Waals surface area (Å²) >= 11 is 0. The Morgan fingerprint density at radius 1 is 0.786 bits per heavy atom. The highest BCUT2D eigenvalue weighted by atomic mass is 15.4. The van der Waals surface area contributed by atoms with E-state index in [1.54, 1.807) is 7.05 Å². The van der Waals surface area contributed by atoms with Crippen LogP contribution in [0.3, 0.4) is 0 Å². The molecule has 0 amide bonds. The third-order valence-electron chi connectivity index (χ3n) is 1.60. The fourth-order valence-electron chi connectivity index (χ4n) is 1.04. The Balaban J connectivity index is 4.90. The van der Waals surface area contributed by atoms with E-state index in [1.165, 1.54) is 0 Å². The summed E-state index contributed by atoms with van der Waals surface area (Å²) in [5.74, 6) is 1.58. The minimum Gasteiger partial charge on any atom is -0.349 e. The van der Waals surface area contributed by atoms with E-state index in [2.05, 4.69) is 9.98 Å². The van der Waals surface area contributed by atoms with Crippen LogP contribution < -0.4 is 0 Å². The maximum absolute atomic E-state index is 4.44. The Morgan fingerprint density at radius 3 is 1.43 bits per heavy atom. The summed E-state index contributed by atoms with van der Waals surface area (Å²) in [5, 5.41) is 0. The van der Waals surface area contributed by atoms with Gasteiger partial charge in [0.1, 0.15) is 0 Å². The molecule has 0 radical (unpaired) electrons. The van der Waals surface area contributed by atoms with Crippen LogP contribution in [0.2, 0.25) is 0 Å². The normalized spacial score (nSPS) is 10.9. The molecule has 0 atom stereocenters. The lowest BCUT2D eigenvalue weighted by Gasteiger charge is -2.23. The summed E-state index contributed by atoms with van der Waals surface area (Å²) in [6.07, 6.45) is 0. The number of hydrogen-bond donors (Lipinski definition) is 0. The van der Waals surface area contributed by atoms with Crippen molar-refractivity contribution in [3.05, 3.63) is 0 Å². The molecule has 0 spiro atoms. The van der Waals surface area contributed by atoms with Gasteiger partial charge in [-0.05, 0) is 0 Å². The van der Waals surface area contributed by atoms with Crippen molar-refractivity contribution in [2.24, 2.45) is 9.98 Å². The molecule has 0 aliphatic rings. The Bertz CT molecular complexity index is 217. The van der Waals surface area contributed by atoms with Gasteiger partial charge in [-0.15, -0.1) is 0 Å². The maximum atomic E-state index is 4.44. The molecule has 0 rings (SSSR count). The molecule has 82 valence electrons. The van der Waals surface area contributed by atoms with Crippen LogP contribution in [0.25, 0.3) is 0 Å². The van der Waals surface area contributed by atoms with Crippen LogP contribution in [0.1, 0.15) is 0 Å². The minimum absolute atomic E-state index is 0.711. The van der Waals surface area contributed by atoms with Gasteiger partial charge in [0.2, 0.25) is 11.9 Å². The van der Waals surface area contributed by atoms with Gasteiger partial charge in [0.05, 0.1) is 0 Å². The zero-order chi connectivity index (χ0) is 11.3. The zero-order valence-corrected chi connectivity index (χ0v) is 10.2. The fraction of sp³-hybridized carbons (Fsp3) is 0.778. The third kappa shape index (κ3) is 3.64. The van der Waals surface area contributed by atoms with Crippen molar-refractivity contribution in [1.82, 2.24) is 14.7 Å². The van der Waals surface area contributed by atoms with Gasteiger partial charge in [-0.3, -0.25) is 4.99 Å². The summed E-state index contributed by atoms with van der Waals surface area (Å²) in [4.78, 5) is 14.3. The lowest BCUT2D eigenvalue weighted by atomic mass is 10.7. The largest absolute Gasteiger partial charge is 0.349 e. The van der Waals surface area contributed by atoms with Crippen molar-refractivity contribution in [2.45, 2.75) is 0 Å². The summed E-state index contributed by atoms with van der Waals surface area (Å²) in [6.45, 7) is 0. The predicted octanol–water partition coefficient (Wildman–Crippen LogP) is 0.0130. The SMILES string of the molecule is CN=C(N=C(N(C)C)N(C)C)N(C)C. The fourth-order valence-corrected chi connectivity index (χ4v) is 1.04. The zero-order valence-electron chi connectivity index (χ0n) is 10.2. The molecule has 0 N–H and O–H groups in total. The van der Waals surface area contributed by atoms with E-state index < -0.39 is 0 Å². The molecule has 0 aromatic rings. The van der Waals surface area contributed by atoms with Crippen molar-refractivity contribution >= 4 is 11.9 Å². The van der Waals surface area contributed by atoms with E-state index in [9.17, 15) is 0 Å². The van der Waals surface area contributed by atoms with Gasteiger partial charge >= 0.3 is 0 Å². The predicted molar refractivity (Wildman–Crippen MR) is 61.9 cm³/mol. The topological polar surface area (TPSA) is 34.4 Å². The molecule has 5 heteroatoms. The Morgan fingerprint density at radius 2 is 1.21 bits per heavy atom. The van der Waals surface area contributed by atoms with Crippen LogP contribution in [0.15, 0.2) is 9.98 Å². The van der Waals surface area contributed by atoms with Crippen LogP contribution in [0.5, 0.6) is 0 Å². The molecule has 0 heterocycles. The third-order valence-corrected chi connectivity index (χ3v) is 1.60. The average Bonchev–Trinajstić information content (AvgIpc) is 2.03. The van der Waals surface area contributed by atoms with Crippen LogP contribution in [-0.2, 0) is 0 Å². The van der Waals surface area contributed by atoms with E-state index >= 15 is 0 Å². The molecule has 14 heavy (non-hydrogen) atoms. The van der Waals surface area contributed by atoms with Crippen molar-refractivity contribution in [1.29, 1.82) is 0 Å². The second-order valence-electron chi connectivity index (χ2n) is 3.62. The summed E-state index contributed by atoms with van der Waals surface area (Å²) in [6, 6.07) is 0. The van der Waals surface area contributed by atoms with Gasteiger partial charge < -0.3 is 14.7 Å². The number of aliphatic imine (C=N–C) groups is 2. The first-order valence-corrected chi connectivity index (χ1v) is 4.47. The van der Waals surface area contributed by atoms with Crippen molar-refractivity contribution in [2.75, 3.05) is 49.3 Å². The van der Waals surface area contributed by atoms with Crippen LogP contribution in [0.4, 0.5) is 0 Å². The van der Waals surface area contributed by atoms with Gasteiger partial charge in [0, 0.05) is 49.3 Å². The highest BCUT2D eigenvalue weighted by molar-refractivity contribution is 5.94. The van der Waals surface area contributed by atoms with Gasteiger partial charge in [-0.1, -0.05) is 0 Å². The van der Waals surface area contributed by atoms with E-state index in [1.807, 2.05) is 57.0 Å². The summed E-state index contributed by atoms with van der Waals surface area (Å²) < 4.78 is 0. The van der Waals surface area contributed by atoms with E-state index in [4.69, 9.17) is 0 Å². The quantitative estimate of drug-likeness (QED) is 0.407. The van der Waals surface area contributed by atoms with Gasteiger partial charge in [-0.25, -0.2) is 0 Å². The Hall–Kier alpha value is -1.26. The van der Waals surface area contributed by atoms with Crippen LogP contribution in [-0.4, -0.2) is 76.0 Å². The summed E-state index contributed by atoms with van der Waals surface area (Å²) in [5.41, 5.74) is 0. The van der Waals surface area contributed by atoms with Crippen molar-refractivity contribution in [3.8, 4) is 0 Å². The van der Waals surface area contributed by atoms with Crippen LogP contribution >= 0.6 is 0 Å². The molecule has 0 fully saturated rings. The molecular formula is C9H21N5. The van der Waals surface area contributed by atoms with Crippen molar-refractivity contribution in [3.63, 3.8) is 0 Å². The summed E-state index contributed by atoms with van der Waals surface area (Å²) in [7, 11) is 13.4.